The van der Waals surface area contributed by atoms with Crippen LogP contribution in [0.5, 0.6) is 0 Å². The predicted molar refractivity (Wildman–Crippen MR) is 175 cm³/mol. The number of aromatic nitrogens is 1. The van der Waals surface area contributed by atoms with Gasteiger partial charge in [-0.05, 0) is 59.7 Å². The number of hydrogen-bond acceptors (Lipinski definition) is 5. The second kappa shape index (κ2) is 10.1. The Morgan fingerprint density at radius 1 is 0.698 bits per heavy atom. The molecule has 0 radical (unpaired) electrons. The van der Waals surface area contributed by atoms with E-state index in [-0.39, 0.29) is 59.2 Å². The number of ketones is 2. The second-order valence-corrected chi connectivity index (χ2v) is 13.3. The molecule has 6 nitrogen and oxygen atoms in total. The molecule has 0 spiro atoms. The fourth-order valence-electron chi connectivity index (χ4n) is 5.75. The molecule has 0 saturated heterocycles. The van der Waals surface area contributed by atoms with Crippen LogP contribution in [0.1, 0.15) is 58.6 Å². The fraction of sp³-hybridized carbons (Fsp3) is 0.0645. The van der Waals surface area contributed by atoms with Gasteiger partial charge in [-0.3, -0.25) is 19.2 Å². The van der Waals surface area contributed by atoms with Crippen LogP contribution in [0.15, 0.2) is 57.5 Å². The van der Waals surface area contributed by atoms with Crippen LogP contribution in [0.3, 0.4) is 0 Å². The number of carbonyl (C=O) groups excluding carboxylic acids is 4. The maximum atomic E-state index is 13.8. The lowest BCUT2D eigenvalue weighted by Gasteiger charge is -2.18. The van der Waals surface area contributed by atoms with Gasteiger partial charge in [-0.25, -0.2) is 9.88 Å². The minimum atomic E-state index is -1.38. The molecule has 0 atom stereocenters. The molecule has 2 heterocycles. The van der Waals surface area contributed by atoms with Crippen LogP contribution in [0.4, 0.5) is 5.69 Å². The summed E-state index contributed by atoms with van der Waals surface area (Å²) in [7, 11) is 0. The second-order valence-electron chi connectivity index (χ2n) is 10.1. The first-order valence-corrected chi connectivity index (χ1v) is 15.7. The number of para-hydroxylation sites is 1. The molecular formula is C31H12Br2Cl4N2O4. The number of fused-ring (bicyclic) bond motifs is 4. The van der Waals surface area contributed by atoms with Gasteiger partial charge < -0.3 is 0 Å². The predicted octanol–water partition coefficient (Wildman–Crippen LogP) is 9.80. The number of amides is 2. The van der Waals surface area contributed by atoms with Crippen molar-refractivity contribution in [1.29, 1.82) is 0 Å². The van der Waals surface area contributed by atoms with E-state index in [1.807, 2.05) is 12.1 Å². The van der Waals surface area contributed by atoms with E-state index in [9.17, 15) is 19.2 Å². The van der Waals surface area contributed by atoms with E-state index < -0.39 is 29.3 Å². The number of carbonyl (C=O) groups is 4. The highest BCUT2D eigenvalue weighted by atomic mass is 79.9. The minimum Gasteiger partial charge on any atom is -0.293 e. The summed E-state index contributed by atoms with van der Waals surface area (Å²) in [5.41, 5.74) is 1.52. The van der Waals surface area contributed by atoms with Crippen LogP contribution < -0.4 is 4.90 Å². The van der Waals surface area contributed by atoms with Crippen LogP contribution in [0, 0.1) is 6.92 Å². The lowest BCUT2D eigenvalue weighted by molar-refractivity contribution is 0.0882. The quantitative estimate of drug-likeness (QED) is 0.0772. The average molecular weight is 778 g/mol. The molecule has 0 bridgehead atoms. The van der Waals surface area contributed by atoms with Crippen molar-refractivity contribution in [1.82, 2.24) is 4.98 Å². The van der Waals surface area contributed by atoms with Crippen molar-refractivity contribution < 1.29 is 19.2 Å². The van der Waals surface area contributed by atoms with Gasteiger partial charge in [0, 0.05) is 14.3 Å². The van der Waals surface area contributed by atoms with Crippen LogP contribution in [-0.4, -0.2) is 28.4 Å². The van der Waals surface area contributed by atoms with Gasteiger partial charge in [-0.1, -0.05) is 90.4 Å². The number of nitrogens with zero attached hydrogens (tertiary/aromatic N) is 2. The van der Waals surface area contributed by atoms with E-state index in [0.29, 0.717) is 10.9 Å². The summed E-state index contributed by atoms with van der Waals surface area (Å²) in [6.07, 6.45) is 0. The summed E-state index contributed by atoms with van der Waals surface area (Å²) in [5, 5.41) is 1.57. The number of anilines is 1. The molecule has 1 aliphatic carbocycles. The normalized spacial score (nSPS) is 14.9. The first-order chi connectivity index (χ1) is 20.4. The van der Waals surface area contributed by atoms with Crippen LogP contribution in [0.25, 0.3) is 21.7 Å². The van der Waals surface area contributed by atoms with Crippen molar-refractivity contribution >= 4 is 129 Å². The first kappa shape index (κ1) is 28.9. The number of Topliss-reactive ketones (excluding diaryl/α,β-unsaturated/α-hetero) is 2. The molecule has 7 rings (SSSR count). The highest BCUT2D eigenvalue weighted by molar-refractivity contribution is 9.11. The van der Waals surface area contributed by atoms with Gasteiger partial charge >= 0.3 is 0 Å². The Bertz CT molecular complexity index is 2110. The van der Waals surface area contributed by atoms with E-state index in [4.69, 9.17) is 51.4 Å². The zero-order chi connectivity index (χ0) is 30.6. The smallest absolute Gasteiger partial charge is 0.266 e. The van der Waals surface area contributed by atoms with Crippen LogP contribution in [-0.2, 0) is 0 Å². The average Bonchev–Trinajstić information content (AvgIpc) is 3.39. The van der Waals surface area contributed by atoms with Crippen molar-refractivity contribution in [3.05, 3.63) is 111 Å². The highest BCUT2D eigenvalue weighted by Gasteiger charge is 2.46. The molecule has 12 heteroatoms. The Hall–Kier alpha value is -2.85. The van der Waals surface area contributed by atoms with Gasteiger partial charge in [-0.2, -0.15) is 0 Å². The SMILES string of the molecule is Cc1cc(C2C(=O)c3c(Cl)c(Cl)c(Cl)c(Cl)c3C2=O)nc2c(N3C(=O)c4cc5c(Br)ccc(Br)c5cc4C3=O)cccc12. The van der Waals surface area contributed by atoms with E-state index >= 15 is 0 Å². The molecule has 212 valence electrons. The van der Waals surface area contributed by atoms with Gasteiger partial charge in [0.05, 0.1) is 59.2 Å². The molecular weight excluding hydrogens is 766 g/mol. The molecule has 0 N–H and O–H groups in total. The van der Waals surface area contributed by atoms with E-state index in [2.05, 4.69) is 31.9 Å². The molecule has 2 amide bonds. The number of rotatable bonds is 2. The number of imide groups is 1. The van der Waals surface area contributed by atoms with Crippen molar-refractivity contribution in [2.24, 2.45) is 0 Å². The summed E-state index contributed by atoms with van der Waals surface area (Å²) in [5.74, 6) is -3.67. The van der Waals surface area contributed by atoms with Gasteiger partial charge in [0.2, 0.25) is 0 Å². The monoisotopic (exact) mass is 774 g/mol. The minimum absolute atomic E-state index is 0.109. The van der Waals surface area contributed by atoms with Crippen molar-refractivity contribution in [3.63, 3.8) is 0 Å². The zero-order valence-electron chi connectivity index (χ0n) is 21.5. The Balaban J connectivity index is 1.40. The van der Waals surface area contributed by atoms with Gasteiger partial charge in [-0.15, -0.1) is 0 Å². The molecule has 2 aliphatic rings. The number of hydrogen-bond donors (Lipinski definition) is 0. The van der Waals surface area contributed by atoms with Crippen molar-refractivity contribution in [3.8, 4) is 0 Å². The zero-order valence-corrected chi connectivity index (χ0v) is 27.7. The fourth-order valence-corrected chi connectivity index (χ4v) is 7.71. The maximum Gasteiger partial charge on any atom is 0.266 e. The number of benzene rings is 4. The van der Waals surface area contributed by atoms with Crippen LogP contribution >= 0.6 is 78.3 Å². The largest absolute Gasteiger partial charge is 0.293 e. The molecule has 1 aliphatic heterocycles. The highest BCUT2D eigenvalue weighted by Crippen LogP contribution is 2.48. The number of pyridine rings is 1. The third-order valence-corrected chi connectivity index (χ3v) is 11.0. The molecule has 0 unspecified atom stereocenters. The van der Waals surface area contributed by atoms with E-state index in [1.54, 1.807) is 43.3 Å². The van der Waals surface area contributed by atoms with Gasteiger partial charge in [0.1, 0.15) is 5.92 Å². The Labute approximate surface area is 280 Å². The van der Waals surface area contributed by atoms with Crippen molar-refractivity contribution in [2.75, 3.05) is 4.90 Å². The van der Waals surface area contributed by atoms with E-state index in [1.165, 1.54) is 0 Å². The summed E-state index contributed by atoms with van der Waals surface area (Å²) in [4.78, 5) is 60.6. The number of aryl methyl sites for hydroxylation is 1. The number of halogens is 6. The Morgan fingerprint density at radius 2 is 1.21 bits per heavy atom. The summed E-state index contributed by atoms with van der Waals surface area (Å²) >= 11 is 32.1. The summed E-state index contributed by atoms with van der Waals surface area (Å²) in [6.45, 7) is 1.78. The van der Waals surface area contributed by atoms with Crippen molar-refractivity contribution in [2.45, 2.75) is 12.8 Å². The third-order valence-electron chi connectivity index (χ3n) is 7.78. The summed E-state index contributed by atoms with van der Waals surface area (Å²) < 4.78 is 1.54. The lowest BCUT2D eigenvalue weighted by atomic mass is 9.96. The van der Waals surface area contributed by atoms with Crippen LogP contribution in [0.2, 0.25) is 20.1 Å². The maximum absolute atomic E-state index is 13.8. The lowest BCUT2D eigenvalue weighted by Crippen LogP contribution is -2.29. The van der Waals surface area contributed by atoms with Gasteiger partial charge in [0.25, 0.3) is 11.8 Å². The molecule has 0 saturated carbocycles. The Kier molecular flexibility index (Phi) is 6.78. The molecule has 5 aromatic rings. The molecule has 1 aromatic heterocycles. The summed E-state index contributed by atoms with van der Waals surface area (Å²) in [6, 6.07) is 13.8. The molecule has 43 heavy (non-hydrogen) atoms. The Morgan fingerprint density at radius 3 is 1.72 bits per heavy atom. The van der Waals surface area contributed by atoms with E-state index in [0.717, 1.165) is 24.6 Å². The molecule has 0 fully saturated rings. The molecule has 4 aromatic carbocycles. The standard InChI is InChI=1S/C31H12Br2Cl4N2O4/c1-10-7-18(20-28(40)21-22(29(20)41)24(35)26(37)25(36)23(21)34)38-27-11(10)3-2-4-19(27)39-30(42)14-8-12-13(9-15(14)31(39)43)17(33)6-5-16(12)32/h2-9,20H,1H3. The van der Waals surface area contributed by atoms with Gasteiger partial charge in [0.15, 0.2) is 11.6 Å². The first-order valence-electron chi connectivity index (χ1n) is 12.6. The third kappa shape index (κ3) is 4.01. The topological polar surface area (TPSA) is 84.4 Å².